The largest absolute Gasteiger partial charge is 0.489 e. The monoisotopic (exact) mass is 371 g/mol. The molecule has 0 saturated carbocycles. The van der Waals surface area contributed by atoms with E-state index in [1.165, 1.54) is 16.7 Å². The number of rotatable bonds is 8. The maximum atomic E-state index is 6.06. The summed E-state index contributed by atoms with van der Waals surface area (Å²) in [4.78, 5) is 8.00. The topological polar surface area (TPSA) is 49.9 Å². The van der Waals surface area contributed by atoms with E-state index in [1.807, 2.05) is 30.3 Å². The maximum absolute atomic E-state index is 6.06. The van der Waals surface area contributed by atoms with Gasteiger partial charge in [0.25, 0.3) is 0 Å². The number of hydrogen-bond acceptors (Lipinski definition) is 3. The van der Waals surface area contributed by atoms with Gasteiger partial charge in [0.15, 0.2) is 0 Å². The number of benzene rings is 3. The summed E-state index contributed by atoms with van der Waals surface area (Å²) in [6, 6.07) is 24.8. The molecule has 2 N–H and O–H groups in total. The molecule has 4 aromatic rings. The molecule has 0 atom stereocenters. The molecule has 1 aromatic heterocycles. The number of para-hydroxylation sites is 3. The van der Waals surface area contributed by atoms with E-state index in [2.05, 4.69) is 64.7 Å². The Morgan fingerprint density at radius 3 is 2.57 bits per heavy atom. The van der Waals surface area contributed by atoms with E-state index in [0.717, 1.165) is 42.1 Å². The second-order valence-electron chi connectivity index (χ2n) is 7.01. The first kappa shape index (κ1) is 18.3. The van der Waals surface area contributed by atoms with Crippen LogP contribution in [-0.2, 0) is 19.6 Å². The number of aromatic nitrogens is 2. The Kier molecular flexibility index (Phi) is 5.69. The molecule has 0 saturated heterocycles. The third kappa shape index (κ3) is 4.59. The summed E-state index contributed by atoms with van der Waals surface area (Å²) in [5.41, 5.74) is 5.72. The Morgan fingerprint density at radius 1 is 0.929 bits per heavy atom. The van der Waals surface area contributed by atoms with E-state index in [4.69, 9.17) is 4.74 Å². The van der Waals surface area contributed by atoms with Crippen LogP contribution in [0.2, 0.25) is 0 Å². The van der Waals surface area contributed by atoms with Crippen LogP contribution in [0.15, 0.2) is 72.8 Å². The summed E-state index contributed by atoms with van der Waals surface area (Å²) in [5.74, 6) is 1.94. The zero-order chi connectivity index (χ0) is 19.2. The molecule has 0 spiro atoms. The number of fused-ring (bicyclic) bond motifs is 1. The van der Waals surface area contributed by atoms with E-state index < -0.39 is 0 Å². The third-order valence-corrected chi connectivity index (χ3v) is 4.78. The van der Waals surface area contributed by atoms with E-state index in [1.54, 1.807) is 0 Å². The van der Waals surface area contributed by atoms with Crippen molar-refractivity contribution in [3.63, 3.8) is 0 Å². The lowest BCUT2D eigenvalue weighted by Crippen LogP contribution is -2.17. The van der Waals surface area contributed by atoms with Crippen LogP contribution in [0.5, 0.6) is 5.75 Å². The number of H-pyrrole nitrogens is 1. The lowest BCUT2D eigenvalue weighted by molar-refractivity contribution is 0.302. The minimum Gasteiger partial charge on any atom is -0.489 e. The molecule has 0 bridgehead atoms. The van der Waals surface area contributed by atoms with Crippen LogP contribution >= 0.6 is 0 Å². The number of aryl methyl sites for hydroxylation is 1. The number of hydrogen-bond donors (Lipinski definition) is 2. The Labute approximate surface area is 165 Å². The molecular formula is C24H25N3O. The Balaban J connectivity index is 1.30. The molecule has 142 valence electrons. The van der Waals surface area contributed by atoms with Gasteiger partial charge in [-0.25, -0.2) is 4.98 Å². The van der Waals surface area contributed by atoms with Crippen molar-refractivity contribution >= 4 is 11.0 Å². The van der Waals surface area contributed by atoms with E-state index in [9.17, 15) is 0 Å². The predicted molar refractivity (Wildman–Crippen MR) is 113 cm³/mol. The molecule has 4 nitrogen and oxygen atoms in total. The number of nitrogens with one attached hydrogen (secondary N) is 2. The van der Waals surface area contributed by atoms with Crippen LogP contribution in [0.3, 0.4) is 0 Å². The molecule has 0 radical (unpaired) electrons. The fourth-order valence-electron chi connectivity index (χ4n) is 3.19. The zero-order valence-corrected chi connectivity index (χ0v) is 16.1. The number of aromatic amines is 1. The van der Waals surface area contributed by atoms with Crippen LogP contribution in [-0.4, -0.2) is 16.5 Å². The summed E-state index contributed by atoms with van der Waals surface area (Å²) in [7, 11) is 0. The molecule has 0 aliphatic carbocycles. The van der Waals surface area contributed by atoms with Gasteiger partial charge in [-0.15, -0.1) is 0 Å². The molecule has 0 fully saturated rings. The van der Waals surface area contributed by atoms with Crippen molar-refractivity contribution < 1.29 is 4.74 Å². The van der Waals surface area contributed by atoms with E-state index in [0.29, 0.717) is 6.61 Å². The average Bonchev–Trinajstić information content (AvgIpc) is 3.14. The van der Waals surface area contributed by atoms with Crippen LogP contribution in [0.25, 0.3) is 11.0 Å². The molecule has 1 heterocycles. The molecule has 0 unspecified atom stereocenters. The van der Waals surface area contributed by atoms with Gasteiger partial charge in [-0.2, -0.15) is 0 Å². The molecule has 4 heteroatoms. The summed E-state index contributed by atoms with van der Waals surface area (Å²) in [5, 5.41) is 3.50. The normalized spacial score (nSPS) is 11.0. The fraction of sp³-hybridized carbons (Fsp3) is 0.208. The summed E-state index contributed by atoms with van der Waals surface area (Å²) >= 11 is 0. The van der Waals surface area contributed by atoms with Crippen molar-refractivity contribution in [3.8, 4) is 5.75 Å². The van der Waals surface area contributed by atoms with Gasteiger partial charge in [-0.3, -0.25) is 0 Å². The Hall–Kier alpha value is -3.11. The van der Waals surface area contributed by atoms with Crippen LogP contribution in [0.1, 0.15) is 22.5 Å². The third-order valence-electron chi connectivity index (χ3n) is 4.78. The predicted octanol–water partition coefficient (Wildman–Crippen LogP) is 4.78. The van der Waals surface area contributed by atoms with Gasteiger partial charge < -0.3 is 15.0 Å². The highest BCUT2D eigenvalue weighted by Crippen LogP contribution is 2.19. The van der Waals surface area contributed by atoms with Crippen molar-refractivity contribution in [2.24, 2.45) is 0 Å². The first-order chi connectivity index (χ1) is 13.8. The second-order valence-corrected chi connectivity index (χ2v) is 7.01. The summed E-state index contributed by atoms with van der Waals surface area (Å²) in [6.07, 6.45) is 0.862. The molecule has 28 heavy (non-hydrogen) atoms. The summed E-state index contributed by atoms with van der Waals surface area (Å²) in [6.45, 7) is 4.30. The lowest BCUT2D eigenvalue weighted by atomic mass is 10.1. The highest BCUT2D eigenvalue weighted by molar-refractivity contribution is 5.74. The Morgan fingerprint density at radius 2 is 1.71 bits per heavy atom. The van der Waals surface area contributed by atoms with Crippen molar-refractivity contribution in [2.75, 3.05) is 6.54 Å². The smallest absolute Gasteiger partial charge is 0.124 e. The highest BCUT2D eigenvalue weighted by atomic mass is 16.5. The molecule has 0 amide bonds. The lowest BCUT2D eigenvalue weighted by Gasteiger charge is -2.12. The van der Waals surface area contributed by atoms with E-state index in [-0.39, 0.29) is 0 Å². The van der Waals surface area contributed by atoms with Crippen molar-refractivity contribution in [3.05, 3.63) is 95.3 Å². The van der Waals surface area contributed by atoms with Crippen LogP contribution in [0, 0.1) is 6.92 Å². The molecule has 0 aliphatic heterocycles. The fourth-order valence-corrected chi connectivity index (χ4v) is 3.19. The van der Waals surface area contributed by atoms with Gasteiger partial charge in [0.1, 0.15) is 18.2 Å². The van der Waals surface area contributed by atoms with Gasteiger partial charge in [0.2, 0.25) is 0 Å². The standard InChI is InChI=1S/C24H25N3O/c1-18-10-12-19(13-11-18)17-28-23-9-5-2-6-20(23)16-25-15-14-24-26-21-7-3-4-8-22(21)27-24/h2-13,25H,14-17H2,1H3,(H,26,27). The van der Waals surface area contributed by atoms with Crippen molar-refractivity contribution in [1.29, 1.82) is 0 Å². The number of imidazole rings is 1. The van der Waals surface area contributed by atoms with Gasteiger partial charge in [0.05, 0.1) is 11.0 Å². The first-order valence-corrected chi connectivity index (χ1v) is 9.68. The molecule has 3 aromatic carbocycles. The van der Waals surface area contributed by atoms with Gasteiger partial charge in [-0.05, 0) is 30.7 Å². The number of ether oxygens (including phenoxy) is 1. The van der Waals surface area contributed by atoms with Crippen LogP contribution < -0.4 is 10.1 Å². The minimum atomic E-state index is 0.580. The molecule has 0 aliphatic rings. The van der Waals surface area contributed by atoms with Crippen molar-refractivity contribution in [1.82, 2.24) is 15.3 Å². The van der Waals surface area contributed by atoms with Gasteiger partial charge in [-0.1, -0.05) is 60.2 Å². The summed E-state index contributed by atoms with van der Waals surface area (Å²) < 4.78 is 6.06. The Bertz CT molecular complexity index is 1000. The minimum absolute atomic E-state index is 0.580. The van der Waals surface area contributed by atoms with Gasteiger partial charge >= 0.3 is 0 Å². The SMILES string of the molecule is Cc1ccc(COc2ccccc2CNCCc2nc3ccccc3[nH]2)cc1. The average molecular weight is 371 g/mol. The van der Waals surface area contributed by atoms with Gasteiger partial charge in [0, 0.05) is 25.1 Å². The molecular weight excluding hydrogens is 346 g/mol. The van der Waals surface area contributed by atoms with Crippen LogP contribution in [0.4, 0.5) is 0 Å². The van der Waals surface area contributed by atoms with E-state index >= 15 is 0 Å². The maximum Gasteiger partial charge on any atom is 0.124 e. The zero-order valence-electron chi connectivity index (χ0n) is 16.1. The first-order valence-electron chi connectivity index (χ1n) is 9.68. The second kappa shape index (κ2) is 8.72. The quantitative estimate of drug-likeness (QED) is 0.438. The molecule has 4 rings (SSSR count). The number of nitrogens with zero attached hydrogens (tertiary/aromatic N) is 1. The van der Waals surface area contributed by atoms with Crippen molar-refractivity contribution in [2.45, 2.75) is 26.5 Å². The highest BCUT2D eigenvalue weighted by Gasteiger charge is 2.05.